The number of carbonyl (C=O) groups excluding carboxylic acids is 2. The van der Waals surface area contributed by atoms with Crippen molar-refractivity contribution >= 4 is 29.1 Å². The topological polar surface area (TPSA) is 79.3 Å². The highest BCUT2D eigenvalue weighted by Crippen LogP contribution is 2.39. The molecule has 0 unspecified atom stereocenters. The fraction of sp³-hybridized carbons (Fsp3) is 0.407. The summed E-state index contributed by atoms with van der Waals surface area (Å²) in [4.78, 5) is 30.1. The summed E-state index contributed by atoms with van der Waals surface area (Å²) in [6.07, 6.45) is 0. The lowest BCUT2D eigenvalue weighted by atomic mass is 9.95. The normalized spacial score (nSPS) is 20.6. The Labute approximate surface area is 210 Å². The highest BCUT2D eigenvalue weighted by atomic mass is 35.5. The molecule has 0 saturated carbocycles. The summed E-state index contributed by atoms with van der Waals surface area (Å²) < 4.78 is 11.1. The summed E-state index contributed by atoms with van der Waals surface area (Å²) in [6, 6.07) is 13.2. The average molecular weight is 499 g/mol. The fourth-order valence-corrected chi connectivity index (χ4v) is 4.43. The number of aliphatic hydroxyl groups is 1. The maximum Gasteiger partial charge on any atom is 0.295 e. The number of ether oxygens (including phenoxy) is 2. The first-order valence-electron chi connectivity index (χ1n) is 11.9. The number of rotatable bonds is 8. The largest absolute Gasteiger partial charge is 0.507 e. The highest BCUT2D eigenvalue weighted by molar-refractivity contribution is 6.46. The number of Topliss-reactive ketones (excluding diaryl/α,β-unsaturated/α-hetero) is 1. The summed E-state index contributed by atoms with van der Waals surface area (Å²) in [5.41, 5.74) is 1.25. The number of hydrogen-bond donors (Lipinski definition) is 1. The lowest BCUT2D eigenvalue weighted by Gasteiger charge is -2.31. The van der Waals surface area contributed by atoms with Gasteiger partial charge in [-0.1, -0.05) is 37.6 Å². The number of morpholine rings is 1. The zero-order chi connectivity index (χ0) is 24.9. The molecule has 35 heavy (non-hydrogen) atoms. The second-order valence-electron chi connectivity index (χ2n) is 9.23. The predicted molar refractivity (Wildman–Crippen MR) is 134 cm³/mol. The van der Waals surface area contributed by atoms with Gasteiger partial charge in [0.15, 0.2) is 0 Å². The third-order valence-electron chi connectivity index (χ3n) is 6.20. The summed E-state index contributed by atoms with van der Waals surface area (Å²) in [5.74, 6) is -0.444. The SMILES string of the molecule is CC(C)COc1ccc(/C(O)=C2\C(=O)C(=O)N(CCN3CCOCC3)[C@@H]2c2ccc(Cl)cc2)cc1. The molecule has 2 heterocycles. The molecule has 2 fully saturated rings. The molecule has 0 bridgehead atoms. The van der Waals surface area contributed by atoms with Gasteiger partial charge in [0.25, 0.3) is 11.7 Å². The first-order valence-corrected chi connectivity index (χ1v) is 12.3. The molecule has 1 N–H and O–H groups in total. The van der Waals surface area contributed by atoms with Crippen molar-refractivity contribution in [2.75, 3.05) is 46.0 Å². The average Bonchev–Trinajstić information content (AvgIpc) is 3.12. The van der Waals surface area contributed by atoms with Crippen molar-refractivity contribution in [2.24, 2.45) is 5.92 Å². The molecule has 186 valence electrons. The summed E-state index contributed by atoms with van der Waals surface area (Å²) in [7, 11) is 0. The number of aliphatic hydroxyl groups excluding tert-OH is 1. The Hall–Kier alpha value is -2.87. The minimum Gasteiger partial charge on any atom is -0.507 e. The van der Waals surface area contributed by atoms with E-state index in [4.69, 9.17) is 21.1 Å². The Kier molecular flexibility index (Phi) is 8.11. The molecule has 2 aromatic rings. The van der Waals surface area contributed by atoms with Crippen LogP contribution in [0.1, 0.15) is 31.0 Å². The van der Waals surface area contributed by atoms with Crippen molar-refractivity contribution in [3.8, 4) is 5.75 Å². The van der Waals surface area contributed by atoms with Gasteiger partial charge in [-0.15, -0.1) is 0 Å². The number of likely N-dealkylation sites (tertiary alicyclic amines) is 1. The molecule has 2 aromatic carbocycles. The minimum absolute atomic E-state index is 0.0788. The van der Waals surface area contributed by atoms with Gasteiger partial charge in [-0.05, 0) is 47.9 Å². The van der Waals surface area contributed by atoms with Crippen LogP contribution in [-0.4, -0.2) is 72.6 Å². The van der Waals surface area contributed by atoms with Gasteiger partial charge in [0.05, 0.1) is 31.4 Å². The Bertz CT molecular complexity index is 1080. The Morgan fingerprint density at radius 3 is 2.34 bits per heavy atom. The van der Waals surface area contributed by atoms with Gasteiger partial charge in [0, 0.05) is 36.8 Å². The zero-order valence-electron chi connectivity index (χ0n) is 20.1. The van der Waals surface area contributed by atoms with Gasteiger partial charge in [-0.3, -0.25) is 14.5 Å². The molecule has 1 amide bonds. The van der Waals surface area contributed by atoms with Crippen LogP contribution in [0.5, 0.6) is 5.75 Å². The van der Waals surface area contributed by atoms with Gasteiger partial charge in [0.1, 0.15) is 11.5 Å². The molecule has 2 aliphatic rings. The highest BCUT2D eigenvalue weighted by Gasteiger charge is 2.46. The maximum absolute atomic E-state index is 13.2. The second-order valence-corrected chi connectivity index (χ2v) is 9.66. The standard InChI is InChI=1S/C27H31ClN2O5/c1-18(2)17-35-22-9-5-20(6-10-22)25(31)23-24(19-3-7-21(28)8-4-19)30(27(33)26(23)32)12-11-29-13-15-34-16-14-29/h3-10,18,24,31H,11-17H2,1-2H3/b25-23+/t24-/m1/s1. The van der Waals surface area contributed by atoms with Crippen molar-refractivity contribution in [1.29, 1.82) is 0 Å². The fourth-order valence-electron chi connectivity index (χ4n) is 4.30. The van der Waals surface area contributed by atoms with Gasteiger partial charge in [-0.2, -0.15) is 0 Å². The summed E-state index contributed by atoms with van der Waals surface area (Å²) in [6.45, 7) is 8.54. The van der Waals surface area contributed by atoms with E-state index < -0.39 is 17.7 Å². The van der Waals surface area contributed by atoms with Crippen LogP contribution < -0.4 is 4.74 Å². The molecular weight excluding hydrogens is 468 g/mol. The number of hydrogen-bond acceptors (Lipinski definition) is 6. The van der Waals surface area contributed by atoms with E-state index in [9.17, 15) is 14.7 Å². The monoisotopic (exact) mass is 498 g/mol. The number of halogens is 1. The van der Waals surface area contributed by atoms with Crippen molar-refractivity contribution < 1.29 is 24.2 Å². The van der Waals surface area contributed by atoms with Gasteiger partial charge in [-0.25, -0.2) is 0 Å². The van der Waals surface area contributed by atoms with E-state index in [0.29, 0.717) is 60.7 Å². The van der Waals surface area contributed by atoms with E-state index in [1.807, 2.05) is 0 Å². The summed E-state index contributed by atoms with van der Waals surface area (Å²) >= 11 is 6.09. The molecule has 1 atom stereocenters. The van der Waals surface area contributed by atoms with E-state index >= 15 is 0 Å². The van der Waals surface area contributed by atoms with Crippen LogP contribution >= 0.6 is 11.6 Å². The lowest BCUT2D eigenvalue weighted by Crippen LogP contribution is -2.42. The molecule has 2 aliphatic heterocycles. The minimum atomic E-state index is -0.704. The number of carbonyl (C=O) groups is 2. The third-order valence-corrected chi connectivity index (χ3v) is 6.45. The molecule has 4 rings (SSSR count). The van der Waals surface area contributed by atoms with Crippen molar-refractivity contribution in [1.82, 2.24) is 9.80 Å². The van der Waals surface area contributed by atoms with Gasteiger partial charge < -0.3 is 19.5 Å². The zero-order valence-corrected chi connectivity index (χ0v) is 20.8. The lowest BCUT2D eigenvalue weighted by molar-refractivity contribution is -0.140. The predicted octanol–water partition coefficient (Wildman–Crippen LogP) is 4.13. The maximum atomic E-state index is 13.2. The molecule has 0 aromatic heterocycles. The Morgan fingerprint density at radius 2 is 1.71 bits per heavy atom. The Morgan fingerprint density at radius 1 is 1.06 bits per heavy atom. The van der Waals surface area contributed by atoms with E-state index in [2.05, 4.69) is 18.7 Å². The molecule has 0 spiro atoms. The van der Waals surface area contributed by atoms with Crippen molar-refractivity contribution in [3.05, 3.63) is 70.3 Å². The van der Waals surface area contributed by atoms with Crippen LogP contribution in [0.15, 0.2) is 54.1 Å². The first kappa shape index (κ1) is 25.2. The van der Waals surface area contributed by atoms with E-state index in [-0.39, 0.29) is 11.3 Å². The molecule has 0 radical (unpaired) electrons. The molecule has 7 nitrogen and oxygen atoms in total. The Balaban J connectivity index is 1.66. The number of amides is 1. The molecular formula is C27H31ClN2O5. The van der Waals surface area contributed by atoms with E-state index in [1.165, 1.54) is 0 Å². The van der Waals surface area contributed by atoms with Crippen LogP contribution in [0, 0.1) is 5.92 Å². The van der Waals surface area contributed by atoms with Crippen LogP contribution in [0.3, 0.4) is 0 Å². The van der Waals surface area contributed by atoms with Gasteiger partial charge >= 0.3 is 0 Å². The van der Waals surface area contributed by atoms with Crippen LogP contribution in [0.4, 0.5) is 0 Å². The van der Waals surface area contributed by atoms with Crippen LogP contribution in [-0.2, 0) is 14.3 Å². The van der Waals surface area contributed by atoms with Crippen molar-refractivity contribution in [2.45, 2.75) is 19.9 Å². The molecule has 2 saturated heterocycles. The van der Waals surface area contributed by atoms with Crippen LogP contribution in [0.2, 0.25) is 5.02 Å². The third kappa shape index (κ3) is 5.86. The van der Waals surface area contributed by atoms with Crippen LogP contribution in [0.25, 0.3) is 5.76 Å². The number of benzene rings is 2. The number of nitrogens with zero attached hydrogens (tertiary/aromatic N) is 2. The second kappa shape index (κ2) is 11.2. The van der Waals surface area contributed by atoms with Gasteiger partial charge in [0.2, 0.25) is 0 Å². The molecule has 8 heteroatoms. The van der Waals surface area contributed by atoms with Crippen molar-refractivity contribution in [3.63, 3.8) is 0 Å². The quantitative estimate of drug-likeness (QED) is 0.335. The molecule has 0 aliphatic carbocycles. The first-order chi connectivity index (χ1) is 16.8. The number of ketones is 1. The van der Waals surface area contributed by atoms with E-state index in [0.717, 1.165) is 13.1 Å². The van der Waals surface area contributed by atoms with E-state index in [1.54, 1.807) is 53.4 Å². The smallest absolute Gasteiger partial charge is 0.295 e. The summed E-state index contributed by atoms with van der Waals surface area (Å²) in [5, 5.41) is 11.8.